The molecule has 0 aromatic carbocycles. The first-order valence-electron chi connectivity index (χ1n) is 5.77. The zero-order valence-corrected chi connectivity index (χ0v) is 8.89. The van der Waals surface area contributed by atoms with Crippen molar-refractivity contribution < 1.29 is 0 Å². The topological polar surface area (TPSA) is 38.0 Å². The summed E-state index contributed by atoms with van der Waals surface area (Å²) in [4.78, 5) is 0. The quantitative estimate of drug-likeness (QED) is 0.639. The van der Waals surface area contributed by atoms with Crippen LogP contribution in [0.4, 0.5) is 0 Å². The Kier molecular flexibility index (Phi) is 5.40. The second-order valence-electron chi connectivity index (χ2n) is 4.33. The van der Waals surface area contributed by atoms with E-state index < -0.39 is 0 Å². The van der Waals surface area contributed by atoms with Crippen molar-refractivity contribution in [3.8, 4) is 0 Å². The van der Waals surface area contributed by atoms with E-state index in [1.165, 1.54) is 45.2 Å². The highest BCUT2D eigenvalue weighted by Crippen LogP contribution is 2.27. The van der Waals surface area contributed by atoms with E-state index in [4.69, 9.17) is 5.73 Å². The van der Waals surface area contributed by atoms with Crippen LogP contribution in [0.3, 0.4) is 0 Å². The highest BCUT2D eigenvalue weighted by molar-refractivity contribution is 4.74. The van der Waals surface area contributed by atoms with Crippen LogP contribution in [0.2, 0.25) is 0 Å². The Balaban J connectivity index is 2.03. The molecule has 0 aromatic rings. The Morgan fingerprint density at radius 2 is 1.77 bits per heavy atom. The first-order chi connectivity index (χ1) is 6.36. The van der Waals surface area contributed by atoms with Gasteiger partial charge in [-0.15, -0.1) is 0 Å². The summed E-state index contributed by atoms with van der Waals surface area (Å²) in [5.41, 5.74) is 5.65. The minimum atomic E-state index is 0.822. The molecule has 0 unspecified atom stereocenters. The lowest BCUT2D eigenvalue weighted by Crippen LogP contribution is -2.28. The van der Waals surface area contributed by atoms with Crippen molar-refractivity contribution in [3.63, 3.8) is 0 Å². The molecule has 0 aromatic heterocycles. The molecule has 0 saturated heterocycles. The Hall–Kier alpha value is -0.0800. The number of nitrogens with two attached hydrogens (primary N) is 1. The molecule has 0 bridgehead atoms. The summed E-state index contributed by atoms with van der Waals surface area (Å²) in [5, 5.41) is 3.51. The van der Waals surface area contributed by atoms with E-state index in [-0.39, 0.29) is 0 Å². The van der Waals surface area contributed by atoms with Crippen LogP contribution >= 0.6 is 0 Å². The molecule has 1 aliphatic rings. The first kappa shape index (κ1) is 11.0. The number of hydrogen-bond acceptors (Lipinski definition) is 2. The highest BCUT2D eigenvalue weighted by Gasteiger charge is 2.19. The van der Waals surface area contributed by atoms with Crippen LogP contribution in [0.25, 0.3) is 0 Å². The summed E-state index contributed by atoms with van der Waals surface area (Å²) in [7, 11) is 0. The molecular weight excluding hydrogens is 160 g/mol. The van der Waals surface area contributed by atoms with Gasteiger partial charge in [0, 0.05) is 0 Å². The largest absolute Gasteiger partial charge is 0.330 e. The highest BCUT2D eigenvalue weighted by atomic mass is 14.8. The van der Waals surface area contributed by atoms with Gasteiger partial charge in [-0.25, -0.2) is 0 Å². The van der Waals surface area contributed by atoms with E-state index in [0.29, 0.717) is 0 Å². The fourth-order valence-corrected chi connectivity index (χ4v) is 2.15. The fraction of sp³-hybridized carbons (Fsp3) is 1.00. The van der Waals surface area contributed by atoms with Crippen LogP contribution in [-0.4, -0.2) is 19.6 Å². The second-order valence-corrected chi connectivity index (χ2v) is 4.33. The first-order valence-corrected chi connectivity index (χ1v) is 5.77. The standard InChI is InChI=1S/C11H24N2/c1-2-7-13-9-11-5-3-10(8-12)4-6-11/h10-11,13H,2-9,12H2,1H3. The Bertz CT molecular complexity index is 115. The minimum Gasteiger partial charge on any atom is -0.330 e. The van der Waals surface area contributed by atoms with Crippen LogP contribution in [-0.2, 0) is 0 Å². The second kappa shape index (κ2) is 6.39. The zero-order chi connectivity index (χ0) is 9.52. The summed E-state index contributed by atoms with van der Waals surface area (Å²) in [6.45, 7) is 5.52. The van der Waals surface area contributed by atoms with E-state index in [9.17, 15) is 0 Å². The summed E-state index contributed by atoms with van der Waals surface area (Å²) in [6.07, 6.45) is 6.74. The Morgan fingerprint density at radius 3 is 2.31 bits per heavy atom. The predicted octanol–water partition coefficient (Wildman–Crippen LogP) is 1.75. The van der Waals surface area contributed by atoms with Crippen LogP contribution < -0.4 is 11.1 Å². The number of rotatable bonds is 5. The Labute approximate surface area is 82.3 Å². The molecule has 1 saturated carbocycles. The summed E-state index contributed by atoms with van der Waals surface area (Å²) < 4.78 is 0. The van der Waals surface area contributed by atoms with Crippen molar-refractivity contribution in [1.29, 1.82) is 0 Å². The van der Waals surface area contributed by atoms with Gasteiger partial charge in [-0.3, -0.25) is 0 Å². The molecule has 13 heavy (non-hydrogen) atoms. The molecule has 1 aliphatic carbocycles. The van der Waals surface area contributed by atoms with Gasteiger partial charge in [-0.2, -0.15) is 0 Å². The molecule has 3 N–H and O–H groups in total. The summed E-state index contributed by atoms with van der Waals surface area (Å²) in [6, 6.07) is 0. The van der Waals surface area contributed by atoms with Crippen LogP contribution in [0.1, 0.15) is 39.0 Å². The number of hydrogen-bond donors (Lipinski definition) is 2. The lowest BCUT2D eigenvalue weighted by atomic mass is 9.82. The fourth-order valence-electron chi connectivity index (χ4n) is 2.15. The molecule has 0 atom stereocenters. The van der Waals surface area contributed by atoms with Crippen LogP contribution in [0.5, 0.6) is 0 Å². The van der Waals surface area contributed by atoms with Gasteiger partial charge < -0.3 is 11.1 Å². The summed E-state index contributed by atoms with van der Waals surface area (Å²) >= 11 is 0. The van der Waals surface area contributed by atoms with Gasteiger partial charge in [0.1, 0.15) is 0 Å². The molecule has 0 heterocycles. The van der Waals surface area contributed by atoms with Crippen LogP contribution in [0.15, 0.2) is 0 Å². The average Bonchev–Trinajstić information content (AvgIpc) is 2.19. The molecule has 0 radical (unpaired) electrons. The third-order valence-corrected chi connectivity index (χ3v) is 3.16. The normalized spacial score (nSPS) is 29.1. The van der Waals surface area contributed by atoms with E-state index in [2.05, 4.69) is 12.2 Å². The van der Waals surface area contributed by atoms with E-state index in [1.807, 2.05) is 0 Å². The van der Waals surface area contributed by atoms with Crippen molar-refractivity contribution in [2.24, 2.45) is 17.6 Å². The predicted molar refractivity (Wildman–Crippen MR) is 57.7 cm³/mol. The third-order valence-electron chi connectivity index (χ3n) is 3.16. The maximum Gasteiger partial charge on any atom is -0.00205 e. The van der Waals surface area contributed by atoms with E-state index >= 15 is 0 Å². The Morgan fingerprint density at radius 1 is 1.15 bits per heavy atom. The van der Waals surface area contributed by atoms with Crippen molar-refractivity contribution in [2.45, 2.75) is 39.0 Å². The van der Waals surface area contributed by atoms with Gasteiger partial charge in [0.25, 0.3) is 0 Å². The van der Waals surface area contributed by atoms with Gasteiger partial charge in [0.05, 0.1) is 0 Å². The molecule has 1 rings (SSSR count). The molecule has 2 heteroatoms. The van der Waals surface area contributed by atoms with Crippen molar-refractivity contribution in [1.82, 2.24) is 5.32 Å². The molecule has 78 valence electrons. The van der Waals surface area contributed by atoms with Gasteiger partial charge in [-0.05, 0) is 63.6 Å². The molecule has 0 spiro atoms. The lowest BCUT2D eigenvalue weighted by Gasteiger charge is -2.27. The maximum absolute atomic E-state index is 5.65. The van der Waals surface area contributed by atoms with Gasteiger partial charge in [0.15, 0.2) is 0 Å². The molecular formula is C11H24N2. The molecule has 1 fully saturated rings. The summed E-state index contributed by atoms with van der Waals surface area (Å²) in [5.74, 6) is 1.75. The minimum absolute atomic E-state index is 0.822. The monoisotopic (exact) mass is 184 g/mol. The average molecular weight is 184 g/mol. The smallest absolute Gasteiger partial charge is 0.00205 e. The van der Waals surface area contributed by atoms with Gasteiger partial charge in [0.2, 0.25) is 0 Å². The molecule has 2 nitrogen and oxygen atoms in total. The van der Waals surface area contributed by atoms with E-state index in [0.717, 1.165) is 18.4 Å². The molecule has 0 amide bonds. The zero-order valence-electron chi connectivity index (χ0n) is 8.89. The lowest BCUT2D eigenvalue weighted by molar-refractivity contribution is 0.272. The van der Waals surface area contributed by atoms with Gasteiger partial charge in [-0.1, -0.05) is 6.92 Å². The third kappa shape index (κ3) is 4.10. The SMILES string of the molecule is CCCNCC1CCC(CN)CC1. The van der Waals surface area contributed by atoms with Crippen molar-refractivity contribution >= 4 is 0 Å². The van der Waals surface area contributed by atoms with Crippen LogP contribution in [0, 0.1) is 11.8 Å². The maximum atomic E-state index is 5.65. The van der Waals surface area contributed by atoms with Crippen molar-refractivity contribution in [3.05, 3.63) is 0 Å². The van der Waals surface area contributed by atoms with Crippen molar-refractivity contribution in [2.75, 3.05) is 19.6 Å². The number of nitrogens with one attached hydrogen (secondary N) is 1. The van der Waals surface area contributed by atoms with E-state index in [1.54, 1.807) is 0 Å². The van der Waals surface area contributed by atoms with Gasteiger partial charge >= 0.3 is 0 Å². The molecule has 0 aliphatic heterocycles.